The van der Waals surface area contributed by atoms with Crippen molar-refractivity contribution in [2.45, 2.75) is 6.92 Å². The molecule has 0 atom stereocenters. The van der Waals surface area contributed by atoms with Gasteiger partial charge in [-0.2, -0.15) is 5.10 Å². The molecule has 1 aromatic carbocycles. The summed E-state index contributed by atoms with van der Waals surface area (Å²) >= 11 is 0. The second-order valence-corrected chi connectivity index (χ2v) is 4.96. The summed E-state index contributed by atoms with van der Waals surface area (Å²) in [4.78, 5) is 16.6. The molecule has 0 aliphatic heterocycles. The number of hydrogen-bond donors (Lipinski definition) is 1. The molecule has 3 rings (SSSR count). The molecule has 0 saturated heterocycles. The number of fused-ring (bicyclic) bond motifs is 1. The van der Waals surface area contributed by atoms with Crippen LogP contribution in [0, 0.1) is 6.92 Å². The zero-order valence-electron chi connectivity index (χ0n) is 12.7. The fourth-order valence-corrected chi connectivity index (χ4v) is 2.30. The van der Waals surface area contributed by atoms with Gasteiger partial charge in [-0.05, 0) is 30.7 Å². The summed E-state index contributed by atoms with van der Waals surface area (Å²) in [7, 11) is 0. The van der Waals surface area contributed by atoms with Crippen LogP contribution >= 0.6 is 0 Å². The van der Waals surface area contributed by atoms with Crippen LogP contribution in [-0.2, 0) is 0 Å². The van der Waals surface area contributed by atoms with Crippen molar-refractivity contribution in [1.82, 2.24) is 14.8 Å². The Morgan fingerprint density at radius 1 is 1.17 bits per heavy atom. The van der Waals surface area contributed by atoms with Gasteiger partial charge in [0.2, 0.25) is 0 Å². The number of nitrogens with one attached hydrogen (secondary N) is 1. The summed E-state index contributed by atoms with van der Waals surface area (Å²) in [5.74, 6) is -0.287. The topological polar surface area (TPSA) is 58.8 Å². The number of nitrogens with zero attached hydrogens (tertiary/aromatic N) is 3. The van der Waals surface area contributed by atoms with E-state index in [2.05, 4.69) is 15.5 Å². The van der Waals surface area contributed by atoms with Gasteiger partial charge in [0, 0.05) is 12.4 Å². The Morgan fingerprint density at radius 2 is 1.96 bits per heavy atom. The molecule has 23 heavy (non-hydrogen) atoms. The lowest BCUT2D eigenvalue weighted by Gasteiger charge is -2.00. The Kier molecular flexibility index (Phi) is 4.29. The quantitative estimate of drug-likeness (QED) is 0.595. The van der Waals surface area contributed by atoms with E-state index in [4.69, 9.17) is 0 Å². The van der Waals surface area contributed by atoms with Crippen molar-refractivity contribution < 1.29 is 4.79 Å². The lowest BCUT2D eigenvalue weighted by molar-refractivity contribution is 0.0948. The van der Waals surface area contributed by atoms with Crippen LogP contribution < -0.4 is 5.43 Å². The summed E-state index contributed by atoms with van der Waals surface area (Å²) in [6.07, 6.45) is 7.04. The molecule has 0 saturated carbocycles. The molecule has 3 aromatic rings. The highest BCUT2D eigenvalue weighted by molar-refractivity contribution is 5.95. The van der Waals surface area contributed by atoms with Crippen LogP contribution in [0.2, 0.25) is 0 Å². The maximum absolute atomic E-state index is 12.3. The summed E-state index contributed by atoms with van der Waals surface area (Å²) in [5.41, 5.74) is 5.49. The molecule has 0 spiro atoms. The van der Waals surface area contributed by atoms with E-state index in [9.17, 15) is 4.79 Å². The first-order valence-electron chi connectivity index (χ1n) is 7.24. The van der Waals surface area contributed by atoms with E-state index in [0.29, 0.717) is 11.4 Å². The fraction of sp³-hybridized carbons (Fsp3) is 0.0556. The number of amides is 1. The first-order chi connectivity index (χ1) is 11.3. The molecular weight excluding hydrogens is 288 g/mol. The summed E-state index contributed by atoms with van der Waals surface area (Å²) < 4.78 is 1.75. The van der Waals surface area contributed by atoms with E-state index in [0.717, 1.165) is 11.2 Å². The normalized spacial score (nSPS) is 11.5. The van der Waals surface area contributed by atoms with Crippen LogP contribution in [0.3, 0.4) is 0 Å². The van der Waals surface area contributed by atoms with E-state index < -0.39 is 0 Å². The third-order valence-electron chi connectivity index (χ3n) is 3.33. The smallest absolute Gasteiger partial charge is 0.290 e. The lowest BCUT2D eigenvalue weighted by atomic mass is 10.2. The Hall–Kier alpha value is -3.21. The lowest BCUT2D eigenvalue weighted by Crippen LogP contribution is -2.20. The van der Waals surface area contributed by atoms with Crippen LogP contribution in [-0.4, -0.2) is 21.5 Å². The molecule has 5 nitrogen and oxygen atoms in total. The third-order valence-corrected chi connectivity index (χ3v) is 3.33. The average Bonchev–Trinajstić information content (AvgIpc) is 2.91. The fourth-order valence-electron chi connectivity index (χ4n) is 2.30. The van der Waals surface area contributed by atoms with Gasteiger partial charge in [0.1, 0.15) is 11.3 Å². The first-order valence-corrected chi connectivity index (χ1v) is 7.24. The second-order valence-electron chi connectivity index (χ2n) is 4.96. The second kappa shape index (κ2) is 6.70. The van der Waals surface area contributed by atoms with E-state index in [1.54, 1.807) is 23.6 Å². The number of hydrogen-bond acceptors (Lipinski definition) is 3. The van der Waals surface area contributed by atoms with Crippen molar-refractivity contribution in [3.05, 3.63) is 77.8 Å². The third kappa shape index (κ3) is 3.35. The number of aryl methyl sites for hydroxylation is 1. The minimum absolute atomic E-state index is 0.287. The summed E-state index contributed by atoms with van der Waals surface area (Å²) in [6.45, 7) is 1.81. The molecule has 0 aliphatic carbocycles. The monoisotopic (exact) mass is 304 g/mol. The number of carbonyl (C=O) groups is 1. The van der Waals surface area contributed by atoms with Gasteiger partial charge < -0.3 is 0 Å². The van der Waals surface area contributed by atoms with Crippen LogP contribution in [0.25, 0.3) is 11.7 Å². The largest absolute Gasteiger partial charge is 0.295 e. The zero-order valence-corrected chi connectivity index (χ0v) is 12.7. The first kappa shape index (κ1) is 14.7. The Bertz CT molecular complexity index is 878. The highest BCUT2D eigenvalue weighted by Gasteiger charge is 2.15. The van der Waals surface area contributed by atoms with Gasteiger partial charge in [0.05, 0.1) is 5.69 Å². The predicted molar refractivity (Wildman–Crippen MR) is 91.4 cm³/mol. The van der Waals surface area contributed by atoms with E-state index in [1.807, 2.05) is 60.8 Å². The number of hydrazone groups is 1. The standard InChI is InChI=1S/C18H16N4O/c1-14-17(22-13-6-5-11-16(22)20-14)18(23)21-19-12-7-10-15-8-3-2-4-9-15/h2-13H,1H3,(H,21,23)/b10-7+,19-12+. The number of carbonyl (C=O) groups excluding carboxylic acids is 1. The van der Waals surface area contributed by atoms with Crippen LogP contribution in [0.4, 0.5) is 0 Å². The van der Waals surface area contributed by atoms with Gasteiger partial charge in [0.15, 0.2) is 0 Å². The van der Waals surface area contributed by atoms with Gasteiger partial charge >= 0.3 is 0 Å². The molecule has 0 unspecified atom stereocenters. The van der Waals surface area contributed by atoms with Crippen LogP contribution in [0.15, 0.2) is 65.9 Å². The Labute approximate surface area is 134 Å². The van der Waals surface area contributed by atoms with Gasteiger partial charge in [-0.1, -0.05) is 42.5 Å². The van der Waals surface area contributed by atoms with Crippen molar-refractivity contribution in [2.75, 3.05) is 0 Å². The van der Waals surface area contributed by atoms with Crippen LogP contribution in [0.1, 0.15) is 21.7 Å². The summed E-state index contributed by atoms with van der Waals surface area (Å²) in [5, 5.41) is 3.94. The number of aromatic nitrogens is 2. The molecule has 114 valence electrons. The molecular formula is C18H16N4O. The maximum atomic E-state index is 12.3. The molecule has 1 amide bonds. The van der Waals surface area contributed by atoms with Gasteiger partial charge in [0.25, 0.3) is 5.91 Å². The molecule has 0 fully saturated rings. The number of allylic oxidation sites excluding steroid dienone is 1. The van der Waals surface area contributed by atoms with Crippen molar-refractivity contribution in [3.63, 3.8) is 0 Å². The van der Waals surface area contributed by atoms with Crippen LogP contribution in [0.5, 0.6) is 0 Å². The van der Waals surface area contributed by atoms with E-state index >= 15 is 0 Å². The van der Waals surface area contributed by atoms with Gasteiger partial charge in [-0.15, -0.1) is 0 Å². The minimum Gasteiger partial charge on any atom is -0.295 e. The molecule has 2 aromatic heterocycles. The van der Waals surface area contributed by atoms with Gasteiger partial charge in [-0.3, -0.25) is 9.20 Å². The van der Waals surface area contributed by atoms with E-state index in [-0.39, 0.29) is 5.91 Å². The van der Waals surface area contributed by atoms with Crippen molar-refractivity contribution in [1.29, 1.82) is 0 Å². The Morgan fingerprint density at radius 3 is 2.78 bits per heavy atom. The number of imidazole rings is 1. The predicted octanol–water partition coefficient (Wildman–Crippen LogP) is 3.07. The number of pyridine rings is 1. The number of rotatable bonds is 4. The van der Waals surface area contributed by atoms with Crippen molar-refractivity contribution in [2.24, 2.45) is 5.10 Å². The molecule has 0 aliphatic rings. The highest BCUT2D eigenvalue weighted by Crippen LogP contribution is 2.11. The van der Waals surface area contributed by atoms with Gasteiger partial charge in [-0.25, -0.2) is 10.4 Å². The molecule has 1 N–H and O–H groups in total. The minimum atomic E-state index is -0.287. The van der Waals surface area contributed by atoms with Crippen molar-refractivity contribution >= 4 is 23.8 Å². The molecule has 5 heteroatoms. The molecule has 0 bridgehead atoms. The SMILES string of the molecule is Cc1nc2ccccn2c1C(=O)N/N=C/C=C/c1ccccc1. The maximum Gasteiger partial charge on any atom is 0.290 e. The Balaban J connectivity index is 1.68. The highest BCUT2D eigenvalue weighted by atomic mass is 16.2. The van der Waals surface area contributed by atoms with Crippen molar-refractivity contribution in [3.8, 4) is 0 Å². The number of benzene rings is 1. The summed E-state index contributed by atoms with van der Waals surface area (Å²) in [6, 6.07) is 15.5. The molecule has 0 radical (unpaired) electrons. The average molecular weight is 304 g/mol. The molecule has 2 heterocycles. The zero-order chi connectivity index (χ0) is 16.1. The van der Waals surface area contributed by atoms with E-state index in [1.165, 1.54) is 0 Å².